The molecule has 1 aromatic heterocycles. The maximum absolute atomic E-state index is 11.4. The number of hydrogen-bond donors (Lipinski definition) is 2. The van der Waals surface area contributed by atoms with Gasteiger partial charge < -0.3 is 14.9 Å². The number of nitrogens with zero attached hydrogens (tertiary/aromatic N) is 1. The second-order valence-corrected chi connectivity index (χ2v) is 3.96. The van der Waals surface area contributed by atoms with Gasteiger partial charge in [0.25, 0.3) is 0 Å². The van der Waals surface area contributed by atoms with Crippen LogP contribution in [0.2, 0.25) is 0 Å². The highest BCUT2D eigenvalue weighted by molar-refractivity contribution is 5.60. The van der Waals surface area contributed by atoms with Crippen LogP contribution in [0.5, 0.6) is 11.8 Å². The molecule has 0 spiro atoms. The summed E-state index contributed by atoms with van der Waals surface area (Å²) in [6.45, 7) is 2.00. The lowest BCUT2D eigenvalue weighted by Crippen LogP contribution is -2.20. The summed E-state index contributed by atoms with van der Waals surface area (Å²) < 4.78 is 5.41. The third kappa shape index (κ3) is 3.19. The molecule has 1 heterocycles. The van der Waals surface area contributed by atoms with Crippen LogP contribution in [0.4, 0.5) is 4.79 Å². The van der Waals surface area contributed by atoms with Crippen LogP contribution in [-0.2, 0) is 11.3 Å². The van der Waals surface area contributed by atoms with Gasteiger partial charge in [0.1, 0.15) is 6.61 Å². The Bertz CT molecular complexity index is 554. The number of aromatic hydroxyl groups is 2. The number of ether oxygens (including phenoxy) is 1. The molecule has 0 bridgehead atoms. The lowest BCUT2D eigenvalue weighted by atomic mass is 10.2. The smallest absolute Gasteiger partial charge is 0.492 e. The first kappa shape index (κ1) is 12.8. The summed E-state index contributed by atoms with van der Waals surface area (Å²) in [5.74, 6) is -0.797. The summed E-state index contributed by atoms with van der Waals surface area (Å²) in [4.78, 5) is 16.0. The standard InChI is InChI=1S/C13H13NO5/c1-9-2-4-10(5-3-9)8-18-13(17)19-14-11(15)6-7-12(14)16/h2-7,15-16H,8H2,1H3. The number of aryl methyl sites for hydroxylation is 1. The van der Waals surface area contributed by atoms with Gasteiger partial charge in [0.15, 0.2) is 0 Å². The highest BCUT2D eigenvalue weighted by Crippen LogP contribution is 2.18. The first-order valence-corrected chi connectivity index (χ1v) is 5.56. The van der Waals surface area contributed by atoms with E-state index in [9.17, 15) is 15.0 Å². The van der Waals surface area contributed by atoms with Gasteiger partial charge in [-0.15, -0.1) is 4.73 Å². The fourth-order valence-electron chi connectivity index (χ4n) is 1.42. The minimum Gasteiger partial charge on any atom is -0.492 e. The van der Waals surface area contributed by atoms with E-state index in [2.05, 4.69) is 4.84 Å². The van der Waals surface area contributed by atoms with Crippen molar-refractivity contribution in [2.24, 2.45) is 0 Å². The van der Waals surface area contributed by atoms with E-state index in [0.29, 0.717) is 4.73 Å². The van der Waals surface area contributed by atoms with Crippen LogP contribution >= 0.6 is 0 Å². The molecule has 2 rings (SSSR count). The van der Waals surface area contributed by atoms with Crippen molar-refractivity contribution in [2.45, 2.75) is 13.5 Å². The van der Waals surface area contributed by atoms with Crippen molar-refractivity contribution in [2.75, 3.05) is 0 Å². The zero-order chi connectivity index (χ0) is 13.8. The zero-order valence-corrected chi connectivity index (χ0v) is 10.2. The molecular formula is C13H13NO5. The normalized spacial score (nSPS) is 10.2. The van der Waals surface area contributed by atoms with Crippen LogP contribution in [0.25, 0.3) is 0 Å². The van der Waals surface area contributed by atoms with E-state index >= 15 is 0 Å². The van der Waals surface area contributed by atoms with E-state index in [0.717, 1.165) is 11.1 Å². The van der Waals surface area contributed by atoms with E-state index in [1.807, 2.05) is 31.2 Å². The minimum atomic E-state index is -1.03. The number of benzene rings is 1. The second kappa shape index (κ2) is 5.34. The van der Waals surface area contributed by atoms with Gasteiger partial charge in [0.05, 0.1) is 0 Å². The number of rotatable bonds is 3. The maximum atomic E-state index is 11.4. The molecule has 0 saturated heterocycles. The fraction of sp³-hybridized carbons (Fsp3) is 0.154. The Balaban J connectivity index is 1.90. The van der Waals surface area contributed by atoms with Crippen molar-refractivity contribution in [3.05, 3.63) is 47.5 Å². The first-order valence-electron chi connectivity index (χ1n) is 5.56. The van der Waals surface area contributed by atoms with Crippen LogP contribution in [0.3, 0.4) is 0 Å². The monoisotopic (exact) mass is 263 g/mol. The lowest BCUT2D eigenvalue weighted by molar-refractivity contribution is 0.0310. The Morgan fingerprint density at radius 2 is 1.68 bits per heavy atom. The fourth-order valence-corrected chi connectivity index (χ4v) is 1.42. The molecule has 0 atom stereocenters. The van der Waals surface area contributed by atoms with Crippen molar-refractivity contribution in [1.82, 2.24) is 4.73 Å². The average molecular weight is 263 g/mol. The van der Waals surface area contributed by atoms with Crippen molar-refractivity contribution in [1.29, 1.82) is 0 Å². The Labute approximate surface area is 109 Å². The largest absolute Gasteiger partial charge is 0.534 e. The third-order valence-corrected chi connectivity index (χ3v) is 2.44. The zero-order valence-electron chi connectivity index (χ0n) is 10.2. The molecule has 6 nitrogen and oxygen atoms in total. The van der Waals surface area contributed by atoms with E-state index in [1.54, 1.807) is 0 Å². The molecule has 19 heavy (non-hydrogen) atoms. The summed E-state index contributed by atoms with van der Waals surface area (Å²) >= 11 is 0. The number of aromatic nitrogens is 1. The van der Waals surface area contributed by atoms with Crippen molar-refractivity contribution in [3.8, 4) is 11.8 Å². The van der Waals surface area contributed by atoms with Gasteiger partial charge in [0, 0.05) is 12.1 Å². The summed E-state index contributed by atoms with van der Waals surface area (Å²) in [6, 6.07) is 9.81. The number of carbonyl (C=O) groups excluding carboxylic acids is 1. The molecule has 0 aliphatic heterocycles. The van der Waals surface area contributed by atoms with Gasteiger partial charge in [0.2, 0.25) is 11.8 Å². The molecule has 0 aliphatic rings. The van der Waals surface area contributed by atoms with Gasteiger partial charge in [-0.25, -0.2) is 4.79 Å². The lowest BCUT2D eigenvalue weighted by Gasteiger charge is -2.07. The Morgan fingerprint density at radius 1 is 1.11 bits per heavy atom. The molecular weight excluding hydrogens is 250 g/mol. The van der Waals surface area contributed by atoms with Gasteiger partial charge in [-0.2, -0.15) is 0 Å². The Morgan fingerprint density at radius 3 is 2.26 bits per heavy atom. The molecule has 0 radical (unpaired) electrons. The van der Waals surface area contributed by atoms with Crippen LogP contribution in [0.15, 0.2) is 36.4 Å². The number of carbonyl (C=O) groups is 1. The van der Waals surface area contributed by atoms with E-state index in [-0.39, 0.29) is 6.61 Å². The van der Waals surface area contributed by atoms with Crippen molar-refractivity contribution in [3.63, 3.8) is 0 Å². The molecule has 6 heteroatoms. The highest BCUT2D eigenvalue weighted by atomic mass is 16.8. The summed E-state index contributed by atoms with van der Waals surface area (Å²) in [6.07, 6.45) is -1.03. The van der Waals surface area contributed by atoms with Gasteiger partial charge in [-0.3, -0.25) is 4.84 Å². The van der Waals surface area contributed by atoms with Crippen LogP contribution in [0, 0.1) is 6.92 Å². The van der Waals surface area contributed by atoms with Gasteiger partial charge >= 0.3 is 6.16 Å². The van der Waals surface area contributed by atoms with Crippen molar-refractivity contribution < 1.29 is 24.6 Å². The summed E-state index contributed by atoms with van der Waals surface area (Å²) in [5.41, 5.74) is 1.91. The Hall–Kier alpha value is -2.63. The van der Waals surface area contributed by atoms with Crippen LogP contribution in [-0.4, -0.2) is 21.1 Å². The van der Waals surface area contributed by atoms with E-state index in [4.69, 9.17) is 4.74 Å². The number of hydrogen-bond acceptors (Lipinski definition) is 5. The SMILES string of the molecule is Cc1ccc(COC(=O)On2c(O)ccc2O)cc1. The molecule has 1 aromatic carbocycles. The van der Waals surface area contributed by atoms with E-state index in [1.165, 1.54) is 12.1 Å². The highest BCUT2D eigenvalue weighted by Gasteiger charge is 2.13. The molecule has 0 aliphatic carbocycles. The predicted octanol–water partition coefficient (Wildman–Crippen LogP) is 1.97. The maximum Gasteiger partial charge on any atom is 0.534 e. The third-order valence-electron chi connectivity index (χ3n) is 2.44. The Kier molecular flexibility index (Phi) is 3.61. The average Bonchev–Trinajstić information content (AvgIpc) is 2.70. The van der Waals surface area contributed by atoms with E-state index < -0.39 is 17.9 Å². The molecule has 2 aromatic rings. The topological polar surface area (TPSA) is 80.9 Å². The molecule has 0 fully saturated rings. The quantitative estimate of drug-likeness (QED) is 0.827. The first-order chi connectivity index (χ1) is 9.06. The second-order valence-electron chi connectivity index (χ2n) is 3.96. The van der Waals surface area contributed by atoms with Crippen LogP contribution < -0.4 is 4.84 Å². The molecule has 0 amide bonds. The summed E-state index contributed by atoms with van der Waals surface area (Å²) in [7, 11) is 0. The van der Waals surface area contributed by atoms with Gasteiger partial charge in [-0.1, -0.05) is 29.8 Å². The molecule has 100 valence electrons. The minimum absolute atomic E-state index is 0.0436. The molecule has 2 N–H and O–H groups in total. The van der Waals surface area contributed by atoms with Crippen LogP contribution in [0.1, 0.15) is 11.1 Å². The molecule has 0 saturated carbocycles. The predicted molar refractivity (Wildman–Crippen MR) is 65.7 cm³/mol. The molecule has 0 unspecified atom stereocenters. The van der Waals surface area contributed by atoms with Gasteiger partial charge in [-0.05, 0) is 12.5 Å². The summed E-state index contributed by atoms with van der Waals surface area (Å²) in [5, 5.41) is 18.5. The van der Waals surface area contributed by atoms with Crippen molar-refractivity contribution >= 4 is 6.16 Å².